The molecule has 0 radical (unpaired) electrons. The van der Waals surface area contributed by atoms with Crippen molar-refractivity contribution in [3.8, 4) is 0 Å². The standard InChI is InChI=1S/C15H19NO5S/c17-13-8-20-9-14(13)22(18,19)16-6-5-15(10-16)12-4-2-1-3-11(12)7-21-15/h1-4,13-14,17H,5-10H2/t13-,14-,15?/m1/s1. The number of rotatable bonds is 2. The molecular weight excluding hydrogens is 306 g/mol. The molecule has 3 atom stereocenters. The van der Waals surface area contributed by atoms with Gasteiger partial charge < -0.3 is 14.6 Å². The molecule has 0 aromatic heterocycles. The third-order valence-electron chi connectivity index (χ3n) is 4.95. The molecule has 0 bridgehead atoms. The molecule has 2 fully saturated rings. The van der Waals surface area contributed by atoms with Crippen LogP contribution < -0.4 is 0 Å². The SMILES string of the molecule is O=S(=O)([C@@H]1COC[C@H]1O)N1CCC2(C1)OCc1ccccc12. The zero-order valence-electron chi connectivity index (χ0n) is 12.1. The molecule has 1 spiro atoms. The number of ether oxygens (including phenoxy) is 2. The molecule has 2 saturated heterocycles. The summed E-state index contributed by atoms with van der Waals surface area (Å²) < 4.78 is 38.0. The van der Waals surface area contributed by atoms with E-state index < -0.39 is 27.0 Å². The molecule has 1 aromatic carbocycles. The van der Waals surface area contributed by atoms with Crippen molar-refractivity contribution in [2.24, 2.45) is 0 Å². The molecule has 1 aromatic rings. The van der Waals surface area contributed by atoms with Gasteiger partial charge in [0.05, 0.1) is 25.9 Å². The Morgan fingerprint density at radius 2 is 2.09 bits per heavy atom. The zero-order chi connectivity index (χ0) is 15.4. The largest absolute Gasteiger partial charge is 0.389 e. The number of benzene rings is 1. The van der Waals surface area contributed by atoms with Crippen LogP contribution in [0.2, 0.25) is 0 Å². The summed E-state index contributed by atoms with van der Waals surface area (Å²) >= 11 is 0. The van der Waals surface area contributed by atoms with Gasteiger partial charge in [0.15, 0.2) is 0 Å². The molecule has 6 nitrogen and oxygen atoms in total. The van der Waals surface area contributed by atoms with Gasteiger partial charge in [-0.1, -0.05) is 24.3 Å². The summed E-state index contributed by atoms with van der Waals surface area (Å²) in [6.07, 6.45) is -0.300. The Kier molecular flexibility index (Phi) is 3.32. The number of hydrogen-bond donors (Lipinski definition) is 1. The first-order chi connectivity index (χ1) is 10.5. The molecule has 3 aliphatic heterocycles. The van der Waals surface area contributed by atoms with Gasteiger partial charge in [0.25, 0.3) is 0 Å². The van der Waals surface area contributed by atoms with Gasteiger partial charge in [-0.25, -0.2) is 8.42 Å². The molecule has 22 heavy (non-hydrogen) atoms. The summed E-state index contributed by atoms with van der Waals surface area (Å²) in [6.45, 7) is 1.40. The molecule has 3 aliphatic rings. The Morgan fingerprint density at radius 3 is 2.86 bits per heavy atom. The van der Waals surface area contributed by atoms with Gasteiger partial charge in [-0.05, 0) is 17.5 Å². The van der Waals surface area contributed by atoms with Crippen LogP contribution in [-0.2, 0) is 31.7 Å². The van der Waals surface area contributed by atoms with Gasteiger partial charge in [0.1, 0.15) is 10.9 Å². The first kappa shape index (κ1) is 14.6. The topological polar surface area (TPSA) is 76.1 Å². The Balaban J connectivity index is 1.61. The summed E-state index contributed by atoms with van der Waals surface area (Å²) in [5.74, 6) is 0. The lowest BCUT2D eigenvalue weighted by molar-refractivity contribution is -0.0256. The van der Waals surface area contributed by atoms with Crippen LogP contribution >= 0.6 is 0 Å². The average molecular weight is 325 g/mol. The van der Waals surface area contributed by atoms with Gasteiger partial charge in [-0.3, -0.25) is 0 Å². The number of sulfonamides is 1. The fraction of sp³-hybridized carbons (Fsp3) is 0.600. The predicted molar refractivity (Wildman–Crippen MR) is 78.6 cm³/mol. The van der Waals surface area contributed by atoms with E-state index in [0.717, 1.165) is 11.1 Å². The minimum absolute atomic E-state index is 0.0600. The number of aliphatic hydroxyl groups excluding tert-OH is 1. The second-order valence-corrected chi connectivity index (χ2v) is 8.36. The molecule has 4 rings (SSSR count). The lowest BCUT2D eigenvalue weighted by atomic mass is 9.92. The van der Waals surface area contributed by atoms with E-state index in [0.29, 0.717) is 26.1 Å². The maximum absolute atomic E-state index is 12.7. The Bertz CT molecular complexity index is 691. The first-order valence-corrected chi connectivity index (χ1v) is 9.00. The fourth-order valence-electron chi connectivity index (χ4n) is 3.69. The van der Waals surface area contributed by atoms with Crippen molar-refractivity contribution < 1.29 is 23.0 Å². The summed E-state index contributed by atoms with van der Waals surface area (Å²) in [6, 6.07) is 7.97. The van der Waals surface area contributed by atoms with Gasteiger partial charge >= 0.3 is 0 Å². The van der Waals surface area contributed by atoms with Crippen molar-refractivity contribution in [3.63, 3.8) is 0 Å². The maximum atomic E-state index is 12.7. The highest BCUT2D eigenvalue weighted by Gasteiger charge is 2.51. The van der Waals surface area contributed by atoms with E-state index in [1.54, 1.807) is 0 Å². The minimum Gasteiger partial charge on any atom is -0.389 e. The summed E-state index contributed by atoms with van der Waals surface area (Å²) in [5, 5.41) is 8.98. The van der Waals surface area contributed by atoms with Crippen molar-refractivity contribution in [1.82, 2.24) is 4.31 Å². The van der Waals surface area contributed by atoms with Crippen molar-refractivity contribution >= 4 is 10.0 Å². The molecule has 1 unspecified atom stereocenters. The van der Waals surface area contributed by atoms with Crippen molar-refractivity contribution in [1.29, 1.82) is 0 Å². The monoisotopic (exact) mass is 325 g/mol. The Hall–Kier alpha value is -0.990. The maximum Gasteiger partial charge on any atom is 0.222 e. The smallest absolute Gasteiger partial charge is 0.222 e. The zero-order valence-corrected chi connectivity index (χ0v) is 13.0. The van der Waals surface area contributed by atoms with Crippen LogP contribution in [0.3, 0.4) is 0 Å². The quantitative estimate of drug-likeness (QED) is 0.841. The molecule has 0 aliphatic carbocycles. The van der Waals surface area contributed by atoms with Crippen molar-refractivity contribution in [3.05, 3.63) is 35.4 Å². The van der Waals surface area contributed by atoms with Crippen LogP contribution in [0.1, 0.15) is 17.5 Å². The first-order valence-electron chi connectivity index (χ1n) is 7.50. The van der Waals surface area contributed by atoms with E-state index >= 15 is 0 Å². The summed E-state index contributed by atoms with van der Waals surface area (Å²) in [5.41, 5.74) is 1.69. The highest BCUT2D eigenvalue weighted by Crippen LogP contribution is 2.44. The Labute approximate surface area is 129 Å². The highest BCUT2D eigenvalue weighted by molar-refractivity contribution is 7.89. The van der Waals surface area contributed by atoms with Gasteiger partial charge in [0.2, 0.25) is 10.0 Å². The summed E-state index contributed by atoms with van der Waals surface area (Å²) in [4.78, 5) is 0. The van der Waals surface area contributed by atoms with Crippen LogP contribution in [0.5, 0.6) is 0 Å². The number of nitrogens with zero attached hydrogens (tertiary/aromatic N) is 1. The normalized spacial score (nSPS) is 35.3. The number of hydrogen-bond acceptors (Lipinski definition) is 5. The molecule has 0 saturated carbocycles. The van der Waals surface area contributed by atoms with Gasteiger partial charge in [-0.15, -0.1) is 0 Å². The lowest BCUT2D eigenvalue weighted by Gasteiger charge is -2.26. The van der Waals surface area contributed by atoms with Crippen molar-refractivity contribution in [2.45, 2.75) is 30.0 Å². The second kappa shape index (κ2) is 5.01. The second-order valence-electron chi connectivity index (χ2n) is 6.21. The fourth-order valence-corrected chi connectivity index (χ4v) is 5.55. The highest BCUT2D eigenvalue weighted by atomic mass is 32.2. The van der Waals surface area contributed by atoms with E-state index in [1.165, 1.54) is 4.31 Å². The third-order valence-corrected chi connectivity index (χ3v) is 7.20. The number of aliphatic hydroxyl groups is 1. The van der Waals surface area contributed by atoms with Crippen LogP contribution in [0.15, 0.2) is 24.3 Å². The lowest BCUT2D eigenvalue weighted by Crippen LogP contribution is -2.44. The summed E-state index contributed by atoms with van der Waals surface area (Å²) in [7, 11) is -3.58. The van der Waals surface area contributed by atoms with Crippen LogP contribution in [0.25, 0.3) is 0 Å². The minimum atomic E-state index is -3.58. The van der Waals surface area contributed by atoms with E-state index in [2.05, 4.69) is 0 Å². The molecule has 7 heteroatoms. The molecular formula is C15H19NO5S. The van der Waals surface area contributed by atoms with E-state index in [9.17, 15) is 13.5 Å². The third kappa shape index (κ3) is 2.04. The van der Waals surface area contributed by atoms with Crippen molar-refractivity contribution in [2.75, 3.05) is 26.3 Å². The number of fused-ring (bicyclic) bond motifs is 2. The molecule has 0 amide bonds. The van der Waals surface area contributed by atoms with Crippen LogP contribution in [0, 0.1) is 0 Å². The molecule has 1 N–H and O–H groups in total. The van der Waals surface area contributed by atoms with Crippen LogP contribution in [-0.4, -0.2) is 55.5 Å². The average Bonchev–Trinajstić information content (AvgIpc) is 3.21. The van der Waals surface area contributed by atoms with Crippen LogP contribution in [0.4, 0.5) is 0 Å². The van der Waals surface area contributed by atoms with Gasteiger partial charge in [0, 0.05) is 13.1 Å². The van der Waals surface area contributed by atoms with E-state index in [-0.39, 0.29) is 13.2 Å². The van der Waals surface area contributed by atoms with E-state index in [4.69, 9.17) is 9.47 Å². The Morgan fingerprint density at radius 1 is 1.27 bits per heavy atom. The predicted octanol–water partition coefficient (Wildman–Crippen LogP) is 0.207. The molecule has 120 valence electrons. The van der Waals surface area contributed by atoms with E-state index in [1.807, 2.05) is 24.3 Å². The molecule has 3 heterocycles. The van der Waals surface area contributed by atoms with Gasteiger partial charge in [-0.2, -0.15) is 4.31 Å².